The van der Waals surface area contributed by atoms with Gasteiger partial charge < -0.3 is 10.6 Å². The van der Waals surface area contributed by atoms with E-state index in [0.717, 1.165) is 23.9 Å². The predicted molar refractivity (Wildman–Crippen MR) is 89.7 cm³/mol. The highest BCUT2D eigenvalue weighted by molar-refractivity contribution is 7.11. The van der Waals surface area contributed by atoms with Gasteiger partial charge in [0.1, 0.15) is 5.01 Å². The zero-order valence-corrected chi connectivity index (χ0v) is 13.6. The summed E-state index contributed by atoms with van der Waals surface area (Å²) in [6.45, 7) is 5.72. The molecule has 0 amide bonds. The summed E-state index contributed by atoms with van der Waals surface area (Å²) in [6.07, 6.45) is 2.94. The van der Waals surface area contributed by atoms with Gasteiger partial charge in [-0.2, -0.15) is 0 Å². The van der Waals surface area contributed by atoms with Gasteiger partial charge in [-0.15, -0.1) is 11.3 Å². The number of aliphatic imine (C=N–C) groups is 1. The van der Waals surface area contributed by atoms with Gasteiger partial charge in [0.2, 0.25) is 0 Å². The van der Waals surface area contributed by atoms with Crippen LogP contribution in [0.2, 0.25) is 0 Å². The Morgan fingerprint density at radius 3 is 2.52 bits per heavy atom. The quantitative estimate of drug-likeness (QED) is 0.659. The third-order valence-corrected chi connectivity index (χ3v) is 4.16. The fourth-order valence-electron chi connectivity index (χ4n) is 2.12. The Bertz CT molecular complexity index is 604. The van der Waals surface area contributed by atoms with Crippen LogP contribution in [0.25, 0.3) is 0 Å². The largest absolute Gasteiger partial charge is 0.352 e. The van der Waals surface area contributed by atoms with Crippen LogP contribution in [-0.4, -0.2) is 18.0 Å². The topological polar surface area (TPSA) is 49.3 Å². The van der Waals surface area contributed by atoms with Crippen LogP contribution < -0.4 is 10.6 Å². The molecule has 1 aromatic heterocycles. The second-order valence-electron chi connectivity index (χ2n) is 4.77. The molecule has 0 saturated heterocycles. The average Bonchev–Trinajstić information content (AvgIpc) is 2.93. The van der Waals surface area contributed by atoms with Gasteiger partial charge in [0.05, 0.1) is 6.54 Å². The zero-order chi connectivity index (χ0) is 15.1. The van der Waals surface area contributed by atoms with Gasteiger partial charge in [0, 0.05) is 24.7 Å². The Kier molecular flexibility index (Phi) is 5.75. The van der Waals surface area contributed by atoms with E-state index < -0.39 is 0 Å². The molecule has 0 saturated carbocycles. The van der Waals surface area contributed by atoms with Crippen molar-refractivity contribution in [2.45, 2.75) is 33.4 Å². The summed E-state index contributed by atoms with van der Waals surface area (Å²) in [5, 5.41) is 7.72. The lowest BCUT2D eigenvalue weighted by Gasteiger charge is -2.13. The maximum absolute atomic E-state index is 4.34. The SMILES string of the molecule is CCc1ccccc1CNC(=NC)NCc1ncc(C)s1. The van der Waals surface area contributed by atoms with Crippen molar-refractivity contribution in [2.75, 3.05) is 7.05 Å². The van der Waals surface area contributed by atoms with Crippen molar-refractivity contribution in [3.05, 3.63) is 51.5 Å². The van der Waals surface area contributed by atoms with E-state index in [1.807, 2.05) is 6.20 Å². The number of nitrogens with zero attached hydrogens (tertiary/aromatic N) is 2. The van der Waals surface area contributed by atoms with Crippen molar-refractivity contribution >= 4 is 17.3 Å². The van der Waals surface area contributed by atoms with E-state index in [1.165, 1.54) is 16.0 Å². The summed E-state index contributed by atoms with van der Waals surface area (Å²) >= 11 is 1.70. The molecule has 0 radical (unpaired) electrons. The van der Waals surface area contributed by atoms with E-state index in [0.29, 0.717) is 6.54 Å². The number of rotatable bonds is 5. The Balaban J connectivity index is 1.88. The van der Waals surface area contributed by atoms with Crippen LogP contribution in [0.15, 0.2) is 35.5 Å². The highest BCUT2D eigenvalue weighted by Crippen LogP contribution is 2.11. The fourth-order valence-corrected chi connectivity index (χ4v) is 2.84. The maximum atomic E-state index is 4.34. The molecule has 0 fully saturated rings. The molecule has 0 aliphatic heterocycles. The van der Waals surface area contributed by atoms with Gasteiger partial charge in [-0.25, -0.2) is 4.98 Å². The van der Waals surface area contributed by atoms with E-state index in [2.05, 4.69) is 58.7 Å². The third-order valence-electron chi connectivity index (χ3n) is 3.25. The van der Waals surface area contributed by atoms with Crippen LogP contribution >= 0.6 is 11.3 Å². The van der Waals surface area contributed by atoms with Crippen molar-refractivity contribution in [2.24, 2.45) is 4.99 Å². The molecule has 0 aliphatic carbocycles. The van der Waals surface area contributed by atoms with Gasteiger partial charge in [-0.3, -0.25) is 4.99 Å². The molecule has 1 aromatic carbocycles. The number of thiazole rings is 1. The van der Waals surface area contributed by atoms with Gasteiger partial charge in [0.15, 0.2) is 5.96 Å². The summed E-state index contributed by atoms with van der Waals surface area (Å²) in [5.74, 6) is 0.800. The third kappa shape index (κ3) is 4.56. The van der Waals surface area contributed by atoms with Crippen LogP contribution in [0.4, 0.5) is 0 Å². The zero-order valence-electron chi connectivity index (χ0n) is 12.8. The molecule has 0 bridgehead atoms. The molecule has 0 spiro atoms. The van der Waals surface area contributed by atoms with Crippen molar-refractivity contribution in [1.29, 1.82) is 0 Å². The number of benzene rings is 1. The first-order valence-electron chi connectivity index (χ1n) is 7.15. The van der Waals surface area contributed by atoms with Crippen LogP contribution in [0.5, 0.6) is 0 Å². The first-order chi connectivity index (χ1) is 10.2. The highest BCUT2D eigenvalue weighted by Gasteiger charge is 2.03. The first kappa shape index (κ1) is 15.5. The van der Waals surface area contributed by atoms with Gasteiger partial charge in [-0.1, -0.05) is 31.2 Å². The molecule has 5 heteroatoms. The number of hydrogen-bond acceptors (Lipinski definition) is 3. The molecule has 2 rings (SSSR count). The second-order valence-corrected chi connectivity index (χ2v) is 6.09. The Hall–Kier alpha value is -1.88. The van der Waals surface area contributed by atoms with Crippen molar-refractivity contribution in [3.8, 4) is 0 Å². The molecular formula is C16H22N4S. The Labute approximate surface area is 130 Å². The smallest absolute Gasteiger partial charge is 0.191 e. The number of aryl methyl sites for hydroxylation is 2. The summed E-state index contributed by atoms with van der Waals surface area (Å²) in [5.41, 5.74) is 2.68. The van der Waals surface area contributed by atoms with E-state index in [1.54, 1.807) is 18.4 Å². The first-order valence-corrected chi connectivity index (χ1v) is 7.97. The minimum absolute atomic E-state index is 0.702. The lowest BCUT2D eigenvalue weighted by Crippen LogP contribution is -2.36. The molecule has 0 unspecified atom stereocenters. The van der Waals surface area contributed by atoms with Crippen LogP contribution in [0, 0.1) is 6.92 Å². The standard InChI is InChI=1S/C16H22N4S/c1-4-13-7-5-6-8-14(13)10-19-16(17-3)20-11-15-18-9-12(2)21-15/h5-9H,4,10-11H2,1-3H3,(H2,17,19,20). The molecule has 0 aliphatic rings. The van der Waals surface area contributed by atoms with Crippen molar-refractivity contribution < 1.29 is 0 Å². The number of guanidine groups is 1. The Morgan fingerprint density at radius 2 is 1.90 bits per heavy atom. The van der Waals surface area contributed by atoms with Crippen molar-refractivity contribution in [3.63, 3.8) is 0 Å². The fraction of sp³-hybridized carbons (Fsp3) is 0.375. The molecular weight excluding hydrogens is 280 g/mol. The minimum atomic E-state index is 0.702. The van der Waals surface area contributed by atoms with E-state index in [4.69, 9.17) is 0 Å². The van der Waals surface area contributed by atoms with Crippen LogP contribution in [0.3, 0.4) is 0 Å². The van der Waals surface area contributed by atoms with Gasteiger partial charge in [-0.05, 0) is 24.5 Å². The minimum Gasteiger partial charge on any atom is -0.352 e. The van der Waals surface area contributed by atoms with Crippen LogP contribution in [0.1, 0.15) is 27.9 Å². The number of hydrogen-bond donors (Lipinski definition) is 2. The van der Waals surface area contributed by atoms with Gasteiger partial charge in [0.25, 0.3) is 0 Å². The van der Waals surface area contributed by atoms with Crippen molar-refractivity contribution in [1.82, 2.24) is 15.6 Å². The molecule has 0 atom stereocenters. The molecule has 4 nitrogen and oxygen atoms in total. The normalized spacial score (nSPS) is 11.5. The summed E-state index contributed by atoms with van der Waals surface area (Å²) in [7, 11) is 1.79. The summed E-state index contributed by atoms with van der Waals surface area (Å²) in [6, 6.07) is 8.49. The highest BCUT2D eigenvalue weighted by atomic mass is 32.1. The van der Waals surface area contributed by atoms with Gasteiger partial charge >= 0.3 is 0 Å². The average molecular weight is 302 g/mol. The Morgan fingerprint density at radius 1 is 1.19 bits per heavy atom. The number of aromatic nitrogens is 1. The molecule has 2 N–H and O–H groups in total. The monoisotopic (exact) mass is 302 g/mol. The molecule has 112 valence electrons. The van der Waals surface area contributed by atoms with Crippen LogP contribution in [-0.2, 0) is 19.5 Å². The molecule has 21 heavy (non-hydrogen) atoms. The second kappa shape index (κ2) is 7.78. The lowest BCUT2D eigenvalue weighted by atomic mass is 10.1. The van der Waals surface area contributed by atoms with E-state index >= 15 is 0 Å². The van der Waals surface area contributed by atoms with E-state index in [9.17, 15) is 0 Å². The predicted octanol–water partition coefficient (Wildman–Crippen LogP) is 2.88. The summed E-state index contributed by atoms with van der Waals surface area (Å²) in [4.78, 5) is 9.82. The van der Waals surface area contributed by atoms with E-state index in [-0.39, 0.29) is 0 Å². The molecule has 1 heterocycles. The number of nitrogens with one attached hydrogen (secondary N) is 2. The summed E-state index contributed by atoms with van der Waals surface area (Å²) < 4.78 is 0. The lowest BCUT2D eigenvalue weighted by molar-refractivity contribution is 0.799. The maximum Gasteiger partial charge on any atom is 0.191 e. The molecule has 2 aromatic rings.